The molecule has 0 amide bonds. The maximum absolute atomic E-state index is 12.3. The highest BCUT2D eigenvalue weighted by molar-refractivity contribution is 7.86. The highest BCUT2D eigenvalue weighted by Crippen LogP contribution is 2.38. The van der Waals surface area contributed by atoms with Crippen LogP contribution in [0.3, 0.4) is 0 Å². The smallest absolute Gasteiger partial charge is 0.195 e. The van der Waals surface area contributed by atoms with Gasteiger partial charge in [0, 0.05) is 0 Å². The van der Waals surface area contributed by atoms with Crippen molar-refractivity contribution in [1.29, 1.82) is 0 Å². The number of hydrogen-bond acceptors (Lipinski definition) is 2. The molecule has 1 aliphatic carbocycles. The molecule has 0 aromatic heterocycles. The summed E-state index contributed by atoms with van der Waals surface area (Å²) in [5, 5.41) is 0. The number of rotatable bonds is 3. The Balaban J connectivity index is 2.42. The van der Waals surface area contributed by atoms with Crippen LogP contribution in [0.1, 0.15) is 45.4 Å². The van der Waals surface area contributed by atoms with Crippen molar-refractivity contribution in [1.82, 2.24) is 0 Å². The third kappa shape index (κ3) is 4.07. The monoisotopic (exact) mass is 208 g/mol. The topological polar surface area (TPSA) is 34.1 Å². The van der Waals surface area contributed by atoms with Gasteiger partial charge in [-0.05, 0) is 24.7 Å². The molecule has 1 rings (SSSR count). The Morgan fingerprint density at radius 3 is 2.23 bits per heavy atom. The van der Waals surface area contributed by atoms with Gasteiger partial charge in [-0.1, -0.05) is 26.2 Å². The van der Waals surface area contributed by atoms with Gasteiger partial charge in [-0.25, -0.2) is 0 Å². The van der Waals surface area contributed by atoms with E-state index in [1.165, 1.54) is 6.42 Å². The van der Waals surface area contributed by atoms with E-state index in [4.69, 9.17) is 0 Å². The summed E-state index contributed by atoms with van der Waals surface area (Å²) < 4.78 is 33.0. The molecule has 0 saturated heterocycles. The van der Waals surface area contributed by atoms with Crippen LogP contribution in [0.15, 0.2) is 0 Å². The molecule has 0 bridgehead atoms. The molecule has 0 N–H and O–H groups in total. The second-order valence-corrected chi connectivity index (χ2v) is 5.85. The van der Waals surface area contributed by atoms with E-state index >= 15 is 0 Å². The Labute approximate surface area is 79.7 Å². The fourth-order valence-corrected chi connectivity index (χ4v) is 2.76. The van der Waals surface area contributed by atoms with E-state index in [0.717, 1.165) is 25.7 Å². The average molecular weight is 208 g/mol. The van der Waals surface area contributed by atoms with Crippen molar-refractivity contribution in [3.05, 3.63) is 0 Å². The minimum absolute atomic E-state index is 0.0669. The summed E-state index contributed by atoms with van der Waals surface area (Å²) in [4.78, 5) is 0. The van der Waals surface area contributed by atoms with Crippen molar-refractivity contribution in [2.75, 3.05) is 5.75 Å². The summed E-state index contributed by atoms with van der Waals surface area (Å²) in [7, 11) is -4.26. The Bertz CT molecular complexity index is 253. The third-order valence-corrected chi connectivity index (χ3v) is 3.70. The van der Waals surface area contributed by atoms with E-state index in [1.807, 2.05) is 0 Å². The van der Waals surface area contributed by atoms with E-state index in [2.05, 4.69) is 6.92 Å². The Kier molecular flexibility index (Phi) is 3.33. The standard InChI is InChI=1S/C9H17FO2S/c1-9(5-3-2-4-6-9)7-8-13(10,11)12/h2-8H2,1H3. The van der Waals surface area contributed by atoms with Gasteiger partial charge in [-0.3, -0.25) is 0 Å². The molecule has 1 saturated carbocycles. The first-order valence-corrected chi connectivity index (χ1v) is 6.39. The van der Waals surface area contributed by atoms with Crippen LogP contribution < -0.4 is 0 Å². The molecule has 2 nitrogen and oxygen atoms in total. The molecule has 78 valence electrons. The van der Waals surface area contributed by atoms with E-state index < -0.39 is 10.2 Å². The van der Waals surface area contributed by atoms with Crippen molar-refractivity contribution in [3.63, 3.8) is 0 Å². The van der Waals surface area contributed by atoms with Crippen molar-refractivity contribution in [2.24, 2.45) is 5.41 Å². The van der Waals surface area contributed by atoms with Crippen LogP contribution in [0.25, 0.3) is 0 Å². The van der Waals surface area contributed by atoms with Gasteiger partial charge in [0.15, 0.2) is 0 Å². The molecule has 0 aromatic rings. The lowest BCUT2D eigenvalue weighted by Gasteiger charge is -2.33. The lowest BCUT2D eigenvalue weighted by Crippen LogP contribution is -2.22. The van der Waals surface area contributed by atoms with Gasteiger partial charge in [0.2, 0.25) is 0 Å². The molecule has 13 heavy (non-hydrogen) atoms. The minimum Gasteiger partial charge on any atom is -0.195 e. The van der Waals surface area contributed by atoms with Crippen molar-refractivity contribution < 1.29 is 12.3 Å². The summed E-state index contributed by atoms with van der Waals surface area (Å²) in [6.07, 6.45) is 6.11. The zero-order chi connectivity index (χ0) is 9.95. The van der Waals surface area contributed by atoms with Crippen LogP contribution in [-0.4, -0.2) is 14.2 Å². The summed E-state index contributed by atoms with van der Waals surface area (Å²) in [6.45, 7) is 2.07. The predicted molar refractivity (Wildman–Crippen MR) is 50.7 cm³/mol. The molecule has 4 heteroatoms. The van der Waals surface area contributed by atoms with Crippen molar-refractivity contribution in [2.45, 2.75) is 45.4 Å². The zero-order valence-electron chi connectivity index (χ0n) is 8.05. The largest absolute Gasteiger partial charge is 0.302 e. The van der Waals surface area contributed by atoms with E-state index in [-0.39, 0.29) is 11.2 Å². The quantitative estimate of drug-likeness (QED) is 0.668. The van der Waals surface area contributed by atoms with Gasteiger partial charge in [-0.2, -0.15) is 8.42 Å². The molecule has 0 aromatic carbocycles. The highest BCUT2D eigenvalue weighted by atomic mass is 32.3. The van der Waals surface area contributed by atoms with Gasteiger partial charge >= 0.3 is 10.2 Å². The lowest BCUT2D eigenvalue weighted by molar-refractivity contribution is 0.208. The average Bonchev–Trinajstić information content (AvgIpc) is 2.02. The number of hydrogen-bond donors (Lipinski definition) is 0. The second kappa shape index (κ2) is 3.95. The fourth-order valence-electron chi connectivity index (χ4n) is 2.02. The minimum atomic E-state index is -4.26. The van der Waals surface area contributed by atoms with Crippen LogP contribution in [0.5, 0.6) is 0 Å². The third-order valence-electron chi connectivity index (χ3n) is 3.01. The van der Waals surface area contributed by atoms with Gasteiger partial charge in [0.1, 0.15) is 0 Å². The van der Waals surface area contributed by atoms with Gasteiger partial charge in [0.05, 0.1) is 5.75 Å². The van der Waals surface area contributed by atoms with E-state index in [1.54, 1.807) is 0 Å². The van der Waals surface area contributed by atoms with Crippen LogP contribution in [0.2, 0.25) is 0 Å². The second-order valence-electron chi connectivity index (χ2n) is 4.36. The van der Waals surface area contributed by atoms with Crippen LogP contribution in [-0.2, 0) is 10.2 Å². The maximum Gasteiger partial charge on any atom is 0.302 e. The highest BCUT2D eigenvalue weighted by Gasteiger charge is 2.28. The maximum atomic E-state index is 12.3. The Hall–Kier alpha value is -0.120. The SMILES string of the molecule is CC1(CCS(=O)(=O)F)CCCCC1. The molecular weight excluding hydrogens is 191 g/mol. The van der Waals surface area contributed by atoms with E-state index in [9.17, 15) is 12.3 Å². The first kappa shape index (κ1) is 11.0. The summed E-state index contributed by atoms with van der Waals surface area (Å²) in [6, 6.07) is 0. The Morgan fingerprint density at radius 2 is 1.77 bits per heavy atom. The molecule has 1 fully saturated rings. The van der Waals surface area contributed by atoms with Crippen LogP contribution in [0, 0.1) is 5.41 Å². The van der Waals surface area contributed by atoms with Gasteiger partial charge in [-0.15, -0.1) is 3.89 Å². The Morgan fingerprint density at radius 1 is 1.23 bits per heavy atom. The molecule has 1 aliphatic rings. The summed E-state index contributed by atoms with van der Waals surface area (Å²) in [5.41, 5.74) is 0.0669. The lowest BCUT2D eigenvalue weighted by atomic mass is 9.74. The fraction of sp³-hybridized carbons (Fsp3) is 1.00. The van der Waals surface area contributed by atoms with E-state index in [0.29, 0.717) is 6.42 Å². The molecule has 0 atom stereocenters. The first-order chi connectivity index (χ1) is 5.91. The normalized spacial score (nSPS) is 22.9. The van der Waals surface area contributed by atoms with Gasteiger partial charge < -0.3 is 0 Å². The van der Waals surface area contributed by atoms with Crippen molar-refractivity contribution >= 4 is 10.2 Å². The molecule has 0 heterocycles. The number of halogens is 1. The molecule has 0 unspecified atom stereocenters. The van der Waals surface area contributed by atoms with Gasteiger partial charge in [0.25, 0.3) is 0 Å². The molecule has 0 radical (unpaired) electrons. The summed E-state index contributed by atoms with van der Waals surface area (Å²) >= 11 is 0. The predicted octanol–water partition coefficient (Wildman–Crippen LogP) is 2.65. The first-order valence-electron chi connectivity index (χ1n) is 4.84. The molecular formula is C9H17FO2S. The molecule has 0 aliphatic heterocycles. The van der Waals surface area contributed by atoms with Crippen LogP contribution >= 0.6 is 0 Å². The van der Waals surface area contributed by atoms with Crippen LogP contribution in [0.4, 0.5) is 3.89 Å². The molecule has 0 spiro atoms. The van der Waals surface area contributed by atoms with Crippen molar-refractivity contribution in [3.8, 4) is 0 Å². The summed E-state index contributed by atoms with van der Waals surface area (Å²) in [5.74, 6) is -0.302. The zero-order valence-corrected chi connectivity index (χ0v) is 8.87.